The Bertz CT molecular complexity index is 503. The van der Waals surface area contributed by atoms with Crippen LogP contribution in [0.2, 0.25) is 0 Å². The van der Waals surface area contributed by atoms with Crippen molar-refractivity contribution in [2.75, 3.05) is 25.9 Å². The molecular weight excluding hydrogens is 244 g/mol. The zero-order valence-electron chi connectivity index (χ0n) is 10.8. The van der Waals surface area contributed by atoms with Gasteiger partial charge in [0.15, 0.2) is 0 Å². The Morgan fingerprint density at radius 1 is 1.50 bits per heavy atom. The summed E-state index contributed by atoms with van der Waals surface area (Å²) in [4.78, 5) is 15.8. The third-order valence-electron chi connectivity index (χ3n) is 4.24. The molecule has 0 spiro atoms. The van der Waals surface area contributed by atoms with Crippen LogP contribution in [0.5, 0.6) is 0 Å². The fraction of sp³-hybridized carbons (Fsp3) is 0.500. The first-order valence-electron chi connectivity index (χ1n) is 6.45. The number of nitrogens with one attached hydrogen (secondary N) is 1. The van der Waals surface area contributed by atoms with Crippen LogP contribution in [0, 0.1) is 0 Å². The maximum atomic E-state index is 12.7. The summed E-state index contributed by atoms with van der Waals surface area (Å²) in [6, 6.07) is 6.26. The highest BCUT2D eigenvalue weighted by Crippen LogP contribution is 2.44. The third-order valence-corrected chi connectivity index (χ3v) is 5.02. The summed E-state index contributed by atoms with van der Waals surface area (Å²) in [6.07, 6.45) is 3.01. The summed E-state index contributed by atoms with van der Waals surface area (Å²) < 4.78 is 0. The molecule has 1 fully saturated rings. The number of benzene rings is 1. The van der Waals surface area contributed by atoms with Gasteiger partial charge in [-0.1, -0.05) is 19.1 Å². The molecule has 1 N–H and O–H groups in total. The number of amides is 1. The topological polar surface area (TPSA) is 32.3 Å². The van der Waals surface area contributed by atoms with Gasteiger partial charge in [0.2, 0.25) is 0 Å². The van der Waals surface area contributed by atoms with E-state index in [-0.39, 0.29) is 11.4 Å². The molecule has 0 unspecified atom stereocenters. The minimum atomic E-state index is -0.115. The second-order valence-electron chi connectivity index (χ2n) is 4.90. The molecule has 1 aromatic rings. The molecule has 1 saturated heterocycles. The van der Waals surface area contributed by atoms with E-state index in [0.717, 1.165) is 36.5 Å². The largest absolute Gasteiger partial charge is 0.326 e. The van der Waals surface area contributed by atoms with Crippen molar-refractivity contribution in [3.05, 3.63) is 29.3 Å². The lowest BCUT2D eigenvalue weighted by molar-refractivity contribution is 0.0442. The summed E-state index contributed by atoms with van der Waals surface area (Å²) in [5, 5.41) is 3.45. The van der Waals surface area contributed by atoms with E-state index in [1.807, 2.05) is 6.26 Å². The van der Waals surface area contributed by atoms with Crippen LogP contribution in [0.1, 0.15) is 29.3 Å². The summed E-state index contributed by atoms with van der Waals surface area (Å²) >= 11 is 1.66. The SMILES string of the molecule is CC[C@@]12CNCCN1C(=O)c1c(SC)cccc12. The van der Waals surface area contributed by atoms with Crippen molar-refractivity contribution < 1.29 is 4.79 Å². The first kappa shape index (κ1) is 12.1. The van der Waals surface area contributed by atoms with E-state index in [4.69, 9.17) is 0 Å². The molecule has 3 rings (SSSR count). The fourth-order valence-electron chi connectivity index (χ4n) is 3.28. The number of carbonyl (C=O) groups is 1. The van der Waals surface area contributed by atoms with Crippen LogP contribution in [0.3, 0.4) is 0 Å². The molecule has 1 aromatic carbocycles. The first-order chi connectivity index (χ1) is 8.74. The quantitative estimate of drug-likeness (QED) is 0.828. The molecule has 1 atom stereocenters. The normalized spacial score (nSPS) is 26.1. The predicted molar refractivity (Wildman–Crippen MR) is 74.1 cm³/mol. The molecule has 2 aliphatic rings. The van der Waals surface area contributed by atoms with Gasteiger partial charge in [-0.05, 0) is 24.3 Å². The van der Waals surface area contributed by atoms with Crippen LogP contribution >= 0.6 is 11.8 Å². The molecule has 0 aromatic heterocycles. The summed E-state index contributed by atoms with van der Waals surface area (Å²) in [6.45, 7) is 4.76. The molecule has 4 heteroatoms. The maximum absolute atomic E-state index is 12.7. The lowest BCUT2D eigenvalue weighted by Gasteiger charge is -2.42. The average molecular weight is 262 g/mol. The Hall–Kier alpha value is -1.00. The van der Waals surface area contributed by atoms with E-state index in [0.29, 0.717) is 0 Å². The van der Waals surface area contributed by atoms with Crippen molar-refractivity contribution in [3.8, 4) is 0 Å². The number of hydrogen-bond acceptors (Lipinski definition) is 3. The Morgan fingerprint density at radius 3 is 3.06 bits per heavy atom. The standard InChI is InChI=1S/C14H18N2OS/c1-3-14-9-15-7-8-16(14)13(17)12-10(14)5-4-6-11(12)18-2/h4-6,15H,3,7-9H2,1-2H3/t14-/m0/s1. The molecule has 1 amide bonds. The monoisotopic (exact) mass is 262 g/mol. The van der Waals surface area contributed by atoms with Gasteiger partial charge in [-0.2, -0.15) is 0 Å². The van der Waals surface area contributed by atoms with Crippen LogP contribution in [0.4, 0.5) is 0 Å². The van der Waals surface area contributed by atoms with Gasteiger partial charge in [0.1, 0.15) is 0 Å². The summed E-state index contributed by atoms with van der Waals surface area (Å²) in [7, 11) is 0. The Labute approximate surface area is 112 Å². The average Bonchev–Trinajstić information content (AvgIpc) is 2.70. The second kappa shape index (κ2) is 4.28. The number of piperazine rings is 1. The summed E-state index contributed by atoms with van der Waals surface area (Å²) in [5.74, 6) is 0.221. The number of fused-ring (bicyclic) bond motifs is 3. The van der Waals surface area contributed by atoms with Gasteiger partial charge < -0.3 is 10.2 Å². The minimum absolute atomic E-state index is 0.115. The van der Waals surface area contributed by atoms with E-state index in [1.54, 1.807) is 11.8 Å². The van der Waals surface area contributed by atoms with Gasteiger partial charge in [-0.25, -0.2) is 0 Å². The Balaban J connectivity index is 2.22. The number of thioether (sulfide) groups is 1. The lowest BCUT2D eigenvalue weighted by atomic mass is 9.86. The van der Waals surface area contributed by atoms with Gasteiger partial charge in [0, 0.05) is 24.5 Å². The molecule has 2 heterocycles. The first-order valence-corrected chi connectivity index (χ1v) is 7.67. The molecule has 96 valence electrons. The van der Waals surface area contributed by atoms with Crippen LogP contribution in [-0.4, -0.2) is 36.7 Å². The smallest absolute Gasteiger partial charge is 0.256 e. The van der Waals surface area contributed by atoms with Gasteiger partial charge >= 0.3 is 0 Å². The highest BCUT2D eigenvalue weighted by molar-refractivity contribution is 7.98. The van der Waals surface area contributed by atoms with Crippen LogP contribution in [0.25, 0.3) is 0 Å². The van der Waals surface area contributed by atoms with Gasteiger partial charge in [0.25, 0.3) is 5.91 Å². The molecule has 0 bridgehead atoms. The van der Waals surface area contributed by atoms with Gasteiger partial charge in [0.05, 0.1) is 11.1 Å². The van der Waals surface area contributed by atoms with E-state index in [1.165, 1.54) is 5.56 Å². The van der Waals surface area contributed by atoms with Crippen LogP contribution < -0.4 is 5.32 Å². The fourth-order valence-corrected chi connectivity index (χ4v) is 3.90. The number of rotatable bonds is 2. The highest BCUT2D eigenvalue weighted by Gasteiger charge is 2.50. The molecule has 0 radical (unpaired) electrons. The molecule has 3 nitrogen and oxygen atoms in total. The number of carbonyl (C=O) groups excluding carboxylic acids is 1. The lowest BCUT2D eigenvalue weighted by Crippen LogP contribution is -2.56. The van der Waals surface area contributed by atoms with Crippen molar-refractivity contribution in [1.82, 2.24) is 10.2 Å². The number of hydrogen-bond donors (Lipinski definition) is 1. The van der Waals surface area contributed by atoms with Crippen LogP contribution in [0.15, 0.2) is 23.1 Å². The minimum Gasteiger partial charge on any atom is -0.326 e. The molecule has 0 aliphatic carbocycles. The highest BCUT2D eigenvalue weighted by atomic mass is 32.2. The van der Waals surface area contributed by atoms with Crippen molar-refractivity contribution in [2.45, 2.75) is 23.8 Å². The van der Waals surface area contributed by atoms with Crippen molar-refractivity contribution >= 4 is 17.7 Å². The zero-order chi connectivity index (χ0) is 12.8. The van der Waals surface area contributed by atoms with Crippen molar-refractivity contribution in [1.29, 1.82) is 0 Å². The van der Waals surface area contributed by atoms with E-state index in [9.17, 15) is 4.79 Å². The summed E-state index contributed by atoms with van der Waals surface area (Å²) in [5.41, 5.74) is 2.04. The molecule has 0 saturated carbocycles. The van der Waals surface area contributed by atoms with Gasteiger partial charge in [-0.3, -0.25) is 4.79 Å². The van der Waals surface area contributed by atoms with E-state index >= 15 is 0 Å². The molecular formula is C14H18N2OS. The Morgan fingerprint density at radius 2 is 2.33 bits per heavy atom. The van der Waals surface area contributed by atoms with Crippen LogP contribution in [-0.2, 0) is 5.54 Å². The molecule has 18 heavy (non-hydrogen) atoms. The number of nitrogens with zero attached hydrogens (tertiary/aromatic N) is 1. The van der Waals surface area contributed by atoms with Crippen molar-refractivity contribution in [2.24, 2.45) is 0 Å². The third kappa shape index (κ3) is 1.39. The van der Waals surface area contributed by atoms with E-state index in [2.05, 4.69) is 35.3 Å². The van der Waals surface area contributed by atoms with Gasteiger partial charge in [-0.15, -0.1) is 11.8 Å². The predicted octanol–water partition coefficient (Wildman–Crippen LogP) is 2.07. The van der Waals surface area contributed by atoms with E-state index < -0.39 is 0 Å². The zero-order valence-corrected chi connectivity index (χ0v) is 11.6. The maximum Gasteiger partial charge on any atom is 0.256 e. The van der Waals surface area contributed by atoms with Crippen molar-refractivity contribution in [3.63, 3.8) is 0 Å². The molecule has 2 aliphatic heterocycles. The second-order valence-corrected chi connectivity index (χ2v) is 5.75. The Kier molecular flexibility index (Phi) is 2.87.